The van der Waals surface area contributed by atoms with Gasteiger partial charge >= 0.3 is 11.9 Å². The maximum atomic E-state index is 12.1. The van der Waals surface area contributed by atoms with Gasteiger partial charge in [0.2, 0.25) is 0 Å². The molecule has 0 saturated carbocycles. The third kappa shape index (κ3) is 27.7. The first kappa shape index (κ1) is 36.6. The molecule has 0 aliphatic carbocycles. The molecule has 1 N–H and O–H groups in total. The van der Waals surface area contributed by atoms with E-state index in [4.69, 9.17) is 9.47 Å². The molecule has 1 atom stereocenters. The summed E-state index contributed by atoms with van der Waals surface area (Å²) < 4.78 is 10.5. The molecule has 0 amide bonds. The first-order valence-corrected chi connectivity index (χ1v) is 16.2. The van der Waals surface area contributed by atoms with Crippen LogP contribution in [0.15, 0.2) is 12.2 Å². The number of aliphatic hydroxyl groups excluding tert-OH is 1. The lowest BCUT2D eigenvalue weighted by atomic mass is 10.0. The van der Waals surface area contributed by atoms with Crippen LogP contribution in [-0.4, -0.2) is 36.4 Å². The quantitative estimate of drug-likeness (QED) is 0.0583. The lowest BCUT2D eigenvalue weighted by molar-refractivity contribution is -0.161. The lowest BCUT2D eigenvalue weighted by Gasteiger charge is -2.15. The van der Waals surface area contributed by atoms with Crippen molar-refractivity contribution in [2.45, 2.75) is 174 Å². The van der Waals surface area contributed by atoms with E-state index in [9.17, 15) is 14.7 Å². The zero-order valence-corrected chi connectivity index (χ0v) is 25.2. The van der Waals surface area contributed by atoms with Gasteiger partial charge in [-0.25, -0.2) is 0 Å². The third-order valence-corrected chi connectivity index (χ3v) is 7.06. The van der Waals surface area contributed by atoms with Crippen molar-refractivity contribution in [3.63, 3.8) is 0 Å². The zero-order valence-electron chi connectivity index (χ0n) is 25.2. The standard InChI is InChI=1S/C33H62O5/c1-3-5-7-9-11-13-15-16-18-20-22-24-26-28-33(36)38-31(29-34)30-37-32(35)27-25-23-21-19-17-14-12-10-8-6-4-2/h10,12,31,34H,3-9,11,13-30H2,1-2H3/b12-10-/t31-/m0/s1. The second kappa shape index (κ2) is 30.2. The van der Waals surface area contributed by atoms with Gasteiger partial charge < -0.3 is 14.6 Å². The van der Waals surface area contributed by atoms with E-state index in [1.54, 1.807) is 0 Å². The van der Waals surface area contributed by atoms with E-state index >= 15 is 0 Å². The summed E-state index contributed by atoms with van der Waals surface area (Å²) in [5, 5.41) is 9.48. The average Bonchev–Trinajstić information content (AvgIpc) is 2.92. The van der Waals surface area contributed by atoms with E-state index < -0.39 is 6.10 Å². The van der Waals surface area contributed by atoms with Crippen LogP contribution in [0.5, 0.6) is 0 Å². The van der Waals surface area contributed by atoms with Crippen molar-refractivity contribution in [3.8, 4) is 0 Å². The first-order valence-electron chi connectivity index (χ1n) is 16.2. The van der Waals surface area contributed by atoms with Crippen LogP contribution in [-0.2, 0) is 19.1 Å². The molecule has 38 heavy (non-hydrogen) atoms. The number of aliphatic hydroxyl groups is 1. The molecule has 0 rings (SSSR count). The minimum absolute atomic E-state index is 0.0654. The minimum atomic E-state index is -0.765. The predicted molar refractivity (Wildman–Crippen MR) is 159 cm³/mol. The molecule has 5 nitrogen and oxygen atoms in total. The van der Waals surface area contributed by atoms with E-state index in [1.165, 1.54) is 96.3 Å². The first-order chi connectivity index (χ1) is 18.6. The van der Waals surface area contributed by atoms with Crippen molar-refractivity contribution >= 4 is 11.9 Å². The summed E-state index contributed by atoms with van der Waals surface area (Å²) in [4.78, 5) is 24.0. The molecular formula is C33H62O5. The van der Waals surface area contributed by atoms with Gasteiger partial charge in [-0.05, 0) is 32.1 Å². The van der Waals surface area contributed by atoms with E-state index in [2.05, 4.69) is 26.0 Å². The Morgan fingerprint density at radius 1 is 0.579 bits per heavy atom. The topological polar surface area (TPSA) is 72.8 Å². The number of unbranched alkanes of at least 4 members (excludes halogenated alkanes) is 19. The third-order valence-electron chi connectivity index (χ3n) is 7.06. The molecule has 0 saturated heterocycles. The van der Waals surface area contributed by atoms with Gasteiger partial charge in [-0.15, -0.1) is 0 Å². The summed E-state index contributed by atoms with van der Waals surface area (Å²) in [7, 11) is 0. The molecule has 0 aliphatic rings. The smallest absolute Gasteiger partial charge is 0.306 e. The Kier molecular flexibility index (Phi) is 29.1. The fourth-order valence-electron chi connectivity index (χ4n) is 4.53. The van der Waals surface area contributed by atoms with Gasteiger partial charge in [0.15, 0.2) is 6.10 Å². The number of esters is 2. The highest BCUT2D eigenvalue weighted by atomic mass is 16.6. The summed E-state index contributed by atoms with van der Waals surface area (Å²) in [6.07, 6.45) is 31.2. The highest BCUT2D eigenvalue weighted by Gasteiger charge is 2.16. The predicted octanol–water partition coefficient (Wildman–Crippen LogP) is 9.39. The summed E-state index contributed by atoms with van der Waals surface area (Å²) in [6, 6.07) is 0. The number of carbonyl (C=O) groups excluding carboxylic acids is 2. The van der Waals surface area contributed by atoms with Crippen LogP contribution in [0, 0.1) is 0 Å². The Hall–Kier alpha value is -1.36. The van der Waals surface area contributed by atoms with Crippen LogP contribution in [0.3, 0.4) is 0 Å². The highest BCUT2D eigenvalue weighted by molar-refractivity contribution is 5.70. The maximum Gasteiger partial charge on any atom is 0.306 e. The van der Waals surface area contributed by atoms with E-state index in [-0.39, 0.29) is 25.2 Å². The second-order valence-electron chi connectivity index (χ2n) is 10.9. The molecule has 0 aromatic heterocycles. The Labute approximate surface area is 235 Å². The molecule has 5 heteroatoms. The SMILES string of the molecule is CCCC/C=C\CCCCCCCC(=O)OC[C@H](CO)OC(=O)CCCCCCCCCCCCCCC. The van der Waals surface area contributed by atoms with Gasteiger partial charge in [-0.3, -0.25) is 9.59 Å². The lowest BCUT2D eigenvalue weighted by Crippen LogP contribution is -2.28. The second-order valence-corrected chi connectivity index (χ2v) is 10.9. The summed E-state index contributed by atoms with van der Waals surface area (Å²) in [6.45, 7) is 4.08. The average molecular weight is 539 g/mol. The Balaban J connectivity index is 3.58. The Bertz CT molecular complexity index is 546. The van der Waals surface area contributed by atoms with Crippen LogP contribution in [0.25, 0.3) is 0 Å². The summed E-state index contributed by atoms with van der Waals surface area (Å²) >= 11 is 0. The van der Waals surface area contributed by atoms with E-state index in [0.717, 1.165) is 44.9 Å². The van der Waals surface area contributed by atoms with Crippen molar-refractivity contribution < 1.29 is 24.2 Å². The number of hydrogen-bond donors (Lipinski definition) is 1. The minimum Gasteiger partial charge on any atom is -0.462 e. The van der Waals surface area contributed by atoms with E-state index in [0.29, 0.717) is 12.8 Å². The molecule has 0 radical (unpaired) electrons. The molecule has 224 valence electrons. The van der Waals surface area contributed by atoms with Crippen LogP contribution < -0.4 is 0 Å². The van der Waals surface area contributed by atoms with Crippen LogP contribution in [0.2, 0.25) is 0 Å². The largest absolute Gasteiger partial charge is 0.462 e. The molecule has 0 spiro atoms. The number of carbonyl (C=O) groups is 2. The van der Waals surface area contributed by atoms with Gasteiger partial charge in [0, 0.05) is 12.8 Å². The van der Waals surface area contributed by atoms with Crippen molar-refractivity contribution in [1.29, 1.82) is 0 Å². The Morgan fingerprint density at radius 2 is 1.00 bits per heavy atom. The summed E-state index contributed by atoms with van der Waals surface area (Å²) in [5.74, 6) is -0.599. The van der Waals surface area contributed by atoms with Gasteiger partial charge in [0.1, 0.15) is 6.61 Å². The monoisotopic (exact) mass is 538 g/mol. The van der Waals surface area contributed by atoms with Crippen LogP contribution in [0.1, 0.15) is 168 Å². The van der Waals surface area contributed by atoms with Gasteiger partial charge in [0.05, 0.1) is 6.61 Å². The van der Waals surface area contributed by atoms with Crippen molar-refractivity contribution in [2.75, 3.05) is 13.2 Å². The normalized spacial score (nSPS) is 12.2. The molecular weight excluding hydrogens is 476 g/mol. The van der Waals surface area contributed by atoms with Crippen molar-refractivity contribution in [1.82, 2.24) is 0 Å². The molecule has 0 aliphatic heterocycles. The number of rotatable bonds is 29. The molecule has 0 fully saturated rings. The number of allylic oxidation sites excluding steroid dienone is 2. The molecule has 0 unspecified atom stereocenters. The van der Waals surface area contributed by atoms with Crippen LogP contribution >= 0.6 is 0 Å². The van der Waals surface area contributed by atoms with Crippen molar-refractivity contribution in [2.24, 2.45) is 0 Å². The Morgan fingerprint density at radius 3 is 1.50 bits per heavy atom. The molecule has 0 heterocycles. The van der Waals surface area contributed by atoms with Gasteiger partial charge in [-0.1, -0.05) is 135 Å². The fraction of sp³-hybridized carbons (Fsp3) is 0.879. The zero-order chi connectivity index (χ0) is 27.9. The summed E-state index contributed by atoms with van der Waals surface area (Å²) in [5.41, 5.74) is 0. The highest BCUT2D eigenvalue weighted by Crippen LogP contribution is 2.14. The van der Waals surface area contributed by atoms with E-state index in [1.807, 2.05) is 0 Å². The molecule has 0 aromatic rings. The number of hydrogen-bond acceptors (Lipinski definition) is 5. The van der Waals surface area contributed by atoms with Gasteiger partial charge in [0.25, 0.3) is 0 Å². The maximum absolute atomic E-state index is 12.1. The molecule has 0 aromatic carbocycles. The fourth-order valence-corrected chi connectivity index (χ4v) is 4.53. The number of ether oxygens (including phenoxy) is 2. The van der Waals surface area contributed by atoms with Gasteiger partial charge in [-0.2, -0.15) is 0 Å². The van der Waals surface area contributed by atoms with Crippen molar-refractivity contribution in [3.05, 3.63) is 12.2 Å². The van der Waals surface area contributed by atoms with Crippen LogP contribution in [0.4, 0.5) is 0 Å². The molecule has 0 bridgehead atoms.